The van der Waals surface area contributed by atoms with Gasteiger partial charge in [0.2, 0.25) is 0 Å². The first-order chi connectivity index (χ1) is 7.08. The standard InChI is InChI=1S/C8H16BF3NO2/c10-9(11,12)8-15-5-1-2-13-3-6-14-7-4-13/h1-8H2/q-1. The van der Waals surface area contributed by atoms with Crippen molar-refractivity contribution in [1.29, 1.82) is 0 Å². The predicted octanol–water partition coefficient (Wildman–Crippen LogP) is 1.11. The zero-order valence-electron chi connectivity index (χ0n) is 8.63. The summed E-state index contributed by atoms with van der Waals surface area (Å²) in [5, 5.41) is 0. The Bertz CT molecular complexity index is 174. The van der Waals surface area contributed by atoms with Gasteiger partial charge in [-0.1, -0.05) is 0 Å². The number of rotatable bonds is 6. The molecule has 0 aromatic heterocycles. The van der Waals surface area contributed by atoms with Crippen LogP contribution >= 0.6 is 0 Å². The van der Waals surface area contributed by atoms with E-state index in [9.17, 15) is 12.9 Å². The van der Waals surface area contributed by atoms with Crippen molar-refractivity contribution in [2.45, 2.75) is 6.42 Å². The zero-order chi connectivity index (χ0) is 11.1. The minimum atomic E-state index is -4.79. The Balaban J connectivity index is 1.92. The molecule has 1 rings (SSSR count). The van der Waals surface area contributed by atoms with Crippen LogP contribution in [0.4, 0.5) is 12.9 Å². The van der Waals surface area contributed by atoms with Crippen molar-refractivity contribution in [3.63, 3.8) is 0 Å². The van der Waals surface area contributed by atoms with Gasteiger partial charge in [0.1, 0.15) is 0 Å². The molecule has 0 aromatic carbocycles. The lowest BCUT2D eigenvalue weighted by atomic mass is 9.95. The predicted molar refractivity (Wildman–Crippen MR) is 51.8 cm³/mol. The van der Waals surface area contributed by atoms with Gasteiger partial charge in [-0.05, 0) is 6.42 Å². The molecule has 0 radical (unpaired) electrons. The summed E-state index contributed by atoms with van der Waals surface area (Å²) in [6, 6.07) is 0. The Kier molecular flexibility index (Phi) is 5.42. The highest BCUT2D eigenvalue weighted by molar-refractivity contribution is 6.58. The van der Waals surface area contributed by atoms with E-state index in [0.29, 0.717) is 19.6 Å². The summed E-state index contributed by atoms with van der Waals surface area (Å²) < 4.78 is 44.9. The Hall–Kier alpha value is -0.265. The van der Waals surface area contributed by atoms with Crippen molar-refractivity contribution in [1.82, 2.24) is 4.90 Å². The van der Waals surface area contributed by atoms with Crippen LogP contribution in [-0.4, -0.2) is 57.8 Å². The Morgan fingerprint density at radius 3 is 2.47 bits per heavy atom. The summed E-state index contributed by atoms with van der Waals surface area (Å²) in [6.45, 7) is -1.75. The van der Waals surface area contributed by atoms with Crippen LogP contribution in [0.5, 0.6) is 0 Å². The second kappa shape index (κ2) is 6.35. The molecule has 90 valence electrons. The van der Waals surface area contributed by atoms with Crippen LogP contribution in [0.1, 0.15) is 6.42 Å². The molecule has 1 aliphatic rings. The third-order valence-corrected chi connectivity index (χ3v) is 2.17. The molecule has 0 saturated carbocycles. The molecule has 1 heterocycles. The lowest BCUT2D eigenvalue weighted by Crippen LogP contribution is -2.37. The van der Waals surface area contributed by atoms with E-state index in [1.54, 1.807) is 0 Å². The number of hydrogen-bond acceptors (Lipinski definition) is 3. The maximum Gasteiger partial charge on any atom is 0.503 e. The summed E-state index contributed by atoms with van der Waals surface area (Å²) in [7, 11) is 0. The molecule has 0 aromatic rings. The molecule has 0 amide bonds. The molecule has 7 heteroatoms. The first kappa shape index (κ1) is 12.8. The van der Waals surface area contributed by atoms with Crippen molar-refractivity contribution in [2.75, 3.05) is 46.0 Å². The molecule has 0 spiro atoms. The molecular formula is C8H16BF3NO2-. The summed E-state index contributed by atoms with van der Waals surface area (Å²) in [5.41, 5.74) is 0. The highest BCUT2D eigenvalue weighted by atomic mass is 19.4. The summed E-state index contributed by atoms with van der Waals surface area (Å²) in [5.74, 6) is 0. The molecular weight excluding hydrogens is 210 g/mol. The highest BCUT2D eigenvalue weighted by Gasteiger charge is 2.22. The van der Waals surface area contributed by atoms with Gasteiger partial charge in [-0.15, -0.1) is 0 Å². The maximum atomic E-state index is 11.7. The second-order valence-corrected chi connectivity index (χ2v) is 3.59. The van der Waals surface area contributed by atoms with Gasteiger partial charge in [0.25, 0.3) is 0 Å². The largest absolute Gasteiger partial charge is 0.503 e. The van der Waals surface area contributed by atoms with Crippen LogP contribution in [0.25, 0.3) is 0 Å². The van der Waals surface area contributed by atoms with E-state index < -0.39 is 13.5 Å². The minimum Gasteiger partial charge on any atom is -0.447 e. The molecule has 3 nitrogen and oxygen atoms in total. The molecule has 1 fully saturated rings. The molecule has 1 saturated heterocycles. The van der Waals surface area contributed by atoms with Crippen molar-refractivity contribution in [3.05, 3.63) is 0 Å². The molecule has 0 N–H and O–H groups in total. The molecule has 0 bridgehead atoms. The number of hydrogen-bond donors (Lipinski definition) is 0. The van der Waals surface area contributed by atoms with E-state index in [2.05, 4.69) is 9.64 Å². The van der Waals surface area contributed by atoms with Crippen LogP contribution in [0.15, 0.2) is 0 Å². The van der Waals surface area contributed by atoms with Gasteiger partial charge in [0.15, 0.2) is 0 Å². The first-order valence-electron chi connectivity index (χ1n) is 5.17. The fourth-order valence-electron chi connectivity index (χ4n) is 1.43. The third-order valence-electron chi connectivity index (χ3n) is 2.17. The quantitative estimate of drug-likeness (QED) is 0.500. The molecule has 0 aliphatic carbocycles. The van der Waals surface area contributed by atoms with E-state index in [-0.39, 0.29) is 6.61 Å². The first-order valence-corrected chi connectivity index (χ1v) is 5.17. The van der Waals surface area contributed by atoms with E-state index in [4.69, 9.17) is 4.74 Å². The minimum absolute atomic E-state index is 0.179. The fourth-order valence-corrected chi connectivity index (χ4v) is 1.43. The van der Waals surface area contributed by atoms with Gasteiger partial charge >= 0.3 is 6.98 Å². The monoisotopic (exact) mass is 226 g/mol. The molecule has 0 unspecified atom stereocenters. The number of ether oxygens (including phenoxy) is 2. The Morgan fingerprint density at radius 2 is 1.87 bits per heavy atom. The average Bonchev–Trinajstić information content (AvgIpc) is 2.17. The number of nitrogens with zero attached hydrogens (tertiary/aromatic N) is 1. The zero-order valence-corrected chi connectivity index (χ0v) is 8.63. The maximum absolute atomic E-state index is 11.7. The van der Waals surface area contributed by atoms with Crippen LogP contribution in [0.3, 0.4) is 0 Å². The number of morpholine rings is 1. The van der Waals surface area contributed by atoms with Crippen LogP contribution in [-0.2, 0) is 9.47 Å². The second-order valence-electron chi connectivity index (χ2n) is 3.59. The van der Waals surface area contributed by atoms with E-state index in [1.165, 1.54) is 0 Å². The molecule has 0 atom stereocenters. The van der Waals surface area contributed by atoms with Crippen molar-refractivity contribution < 1.29 is 22.4 Å². The normalized spacial score (nSPS) is 19.4. The molecule has 15 heavy (non-hydrogen) atoms. The lowest BCUT2D eigenvalue weighted by molar-refractivity contribution is 0.0329. The van der Waals surface area contributed by atoms with E-state index in [1.807, 2.05) is 0 Å². The lowest BCUT2D eigenvalue weighted by Gasteiger charge is -2.26. The van der Waals surface area contributed by atoms with E-state index >= 15 is 0 Å². The Morgan fingerprint density at radius 1 is 1.20 bits per heavy atom. The van der Waals surface area contributed by atoms with Gasteiger partial charge in [0, 0.05) is 32.7 Å². The van der Waals surface area contributed by atoms with Gasteiger partial charge in [-0.25, -0.2) is 0 Å². The Labute approximate surface area is 87.6 Å². The van der Waals surface area contributed by atoms with Crippen molar-refractivity contribution in [3.8, 4) is 0 Å². The average molecular weight is 226 g/mol. The van der Waals surface area contributed by atoms with Crippen LogP contribution < -0.4 is 0 Å². The molecule has 1 aliphatic heterocycles. The van der Waals surface area contributed by atoms with Gasteiger partial charge in [-0.3, -0.25) is 4.90 Å². The van der Waals surface area contributed by atoms with Crippen molar-refractivity contribution in [2.24, 2.45) is 0 Å². The fraction of sp³-hybridized carbons (Fsp3) is 1.00. The van der Waals surface area contributed by atoms with Crippen molar-refractivity contribution >= 4 is 6.98 Å². The topological polar surface area (TPSA) is 21.7 Å². The number of halogens is 3. The highest BCUT2D eigenvalue weighted by Crippen LogP contribution is 2.08. The van der Waals surface area contributed by atoms with Gasteiger partial charge in [-0.2, -0.15) is 0 Å². The smallest absolute Gasteiger partial charge is 0.447 e. The van der Waals surface area contributed by atoms with Gasteiger partial charge in [0.05, 0.1) is 13.2 Å². The summed E-state index contributed by atoms with van der Waals surface area (Å²) >= 11 is 0. The van der Waals surface area contributed by atoms with Crippen LogP contribution in [0, 0.1) is 0 Å². The third kappa shape index (κ3) is 6.75. The SMILES string of the molecule is F[B-](F)(F)COCCCN1CCOCC1. The van der Waals surface area contributed by atoms with Crippen LogP contribution in [0.2, 0.25) is 0 Å². The van der Waals surface area contributed by atoms with Gasteiger partial charge < -0.3 is 22.4 Å². The van der Waals surface area contributed by atoms with E-state index in [0.717, 1.165) is 19.6 Å². The summed E-state index contributed by atoms with van der Waals surface area (Å²) in [4.78, 5) is 2.17. The summed E-state index contributed by atoms with van der Waals surface area (Å²) in [6.07, 6.45) is 0.645.